The number of carbonyl (C=O) groups excluding carboxylic acids is 1. The van der Waals surface area contributed by atoms with Crippen LogP contribution >= 0.6 is 0 Å². The summed E-state index contributed by atoms with van der Waals surface area (Å²) >= 11 is 0. The lowest BCUT2D eigenvalue weighted by Crippen LogP contribution is -2.36. The second kappa shape index (κ2) is 7.36. The number of furan rings is 1. The van der Waals surface area contributed by atoms with Crippen LogP contribution in [0.5, 0.6) is 0 Å². The molecule has 1 amide bonds. The van der Waals surface area contributed by atoms with Crippen molar-refractivity contribution in [2.24, 2.45) is 5.92 Å². The largest absolute Gasteiger partial charge is 0.451 e. The van der Waals surface area contributed by atoms with Crippen LogP contribution in [0, 0.1) is 5.92 Å². The Morgan fingerprint density at radius 1 is 1.29 bits per heavy atom. The highest BCUT2D eigenvalue weighted by atomic mass is 16.3. The minimum atomic E-state index is -0.309. The Morgan fingerprint density at radius 2 is 2.04 bits per heavy atom. The van der Waals surface area contributed by atoms with E-state index in [4.69, 9.17) is 4.42 Å². The number of rotatable bonds is 5. The summed E-state index contributed by atoms with van der Waals surface area (Å²) in [6.07, 6.45) is 3.68. The van der Waals surface area contributed by atoms with E-state index in [0.29, 0.717) is 18.8 Å². The molecule has 1 heterocycles. The maximum absolute atomic E-state index is 12.7. The Morgan fingerprint density at radius 3 is 2.79 bits per heavy atom. The zero-order valence-corrected chi connectivity index (χ0v) is 14.4. The molecule has 0 unspecified atom stereocenters. The molecular weight excluding hydrogens is 304 g/mol. The molecule has 1 aromatic carbocycles. The highest BCUT2D eigenvalue weighted by molar-refractivity contribution is 5.99. The van der Waals surface area contributed by atoms with Crippen molar-refractivity contribution in [2.75, 3.05) is 20.6 Å². The van der Waals surface area contributed by atoms with E-state index in [9.17, 15) is 9.90 Å². The molecular formula is C19H26N2O3. The molecule has 24 heavy (non-hydrogen) atoms. The monoisotopic (exact) mass is 330 g/mol. The number of fused-ring (bicyclic) bond motifs is 1. The van der Waals surface area contributed by atoms with E-state index in [-0.39, 0.29) is 17.9 Å². The summed E-state index contributed by atoms with van der Waals surface area (Å²) in [5.41, 5.74) is 1.65. The van der Waals surface area contributed by atoms with Gasteiger partial charge in [-0.3, -0.25) is 4.79 Å². The summed E-state index contributed by atoms with van der Waals surface area (Å²) in [7, 11) is 3.95. The summed E-state index contributed by atoms with van der Waals surface area (Å²) < 4.78 is 5.83. The maximum atomic E-state index is 12.7. The first kappa shape index (κ1) is 17.0. The van der Waals surface area contributed by atoms with Gasteiger partial charge in [-0.25, -0.2) is 0 Å². The van der Waals surface area contributed by atoms with Gasteiger partial charge in [-0.2, -0.15) is 0 Å². The van der Waals surface area contributed by atoms with E-state index in [0.717, 1.165) is 42.2 Å². The van der Waals surface area contributed by atoms with Gasteiger partial charge in [0.1, 0.15) is 5.58 Å². The van der Waals surface area contributed by atoms with Gasteiger partial charge in [0.05, 0.1) is 6.10 Å². The van der Waals surface area contributed by atoms with Crippen molar-refractivity contribution in [1.29, 1.82) is 0 Å². The zero-order chi connectivity index (χ0) is 17.1. The van der Waals surface area contributed by atoms with Crippen molar-refractivity contribution < 1.29 is 14.3 Å². The number of nitrogens with one attached hydrogen (secondary N) is 1. The predicted octanol–water partition coefficient (Wildman–Crippen LogP) is 2.78. The fraction of sp³-hybridized carbons (Fsp3) is 0.526. The third kappa shape index (κ3) is 3.62. The second-order valence-corrected chi connectivity index (χ2v) is 6.97. The molecule has 5 heteroatoms. The first-order chi connectivity index (χ1) is 11.6. The molecule has 5 nitrogen and oxygen atoms in total. The van der Waals surface area contributed by atoms with E-state index < -0.39 is 0 Å². The van der Waals surface area contributed by atoms with Crippen molar-refractivity contribution in [3.8, 4) is 0 Å². The van der Waals surface area contributed by atoms with Crippen LogP contribution < -0.4 is 5.32 Å². The van der Waals surface area contributed by atoms with Crippen LogP contribution in [-0.4, -0.2) is 42.7 Å². The standard InChI is InChI=1S/C19H26N2O3/c1-21(2)12-15-14-8-4-6-10-17(14)24-18(15)19(23)20-11-13-7-3-5-9-16(13)22/h4,6,8,10,13,16,22H,3,5,7,9,11-12H2,1-2H3,(H,20,23)/t13-,16-/m1/s1. The van der Waals surface area contributed by atoms with Crippen molar-refractivity contribution >= 4 is 16.9 Å². The first-order valence-corrected chi connectivity index (χ1v) is 8.67. The molecule has 1 aromatic heterocycles. The van der Waals surface area contributed by atoms with Crippen LogP contribution in [0.15, 0.2) is 28.7 Å². The Hall–Kier alpha value is -1.85. The molecule has 0 radical (unpaired) electrons. The topological polar surface area (TPSA) is 65.7 Å². The molecule has 2 aromatic rings. The molecule has 1 saturated carbocycles. The van der Waals surface area contributed by atoms with Crippen molar-refractivity contribution in [3.63, 3.8) is 0 Å². The Balaban J connectivity index is 1.78. The fourth-order valence-electron chi connectivity index (χ4n) is 3.49. The summed E-state index contributed by atoms with van der Waals surface area (Å²) in [5.74, 6) is 0.334. The minimum absolute atomic E-state index is 0.143. The van der Waals surface area contributed by atoms with E-state index in [2.05, 4.69) is 5.32 Å². The van der Waals surface area contributed by atoms with Gasteiger partial charge in [0.15, 0.2) is 5.76 Å². The summed E-state index contributed by atoms with van der Waals surface area (Å²) in [6.45, 7) is 1.14. The molecule has 3 rings (SSSR count). The van der Waals surface area contributed by atoms with Crippen molar-refractivity contribution in [1.82, 2.24) is 10.2 Å². The number of benzene rings is 1. The maximum Gasteiger partial charge on any atom is 0.287 e. The molecule has 1 fully saturated rings. The van der Waals surface area contributed by atoms with Gasteiger partial charge >= 0.3 is 0 Å². The highest BCUT2D eigenvalue weighted by Crippen LogP contribution is 2.27. The highest BCUT2D eigenvalue weighted by Gasteiger charge is 2.25. The van der Waals surface area contributed by atoms with Crippen molar-refractivity contribution in [2.45, 2.75) is 38.3 Å². The Bertz CT molecular complexity index is 708. The summed E-state index contributed by atoms with van der Waals surface area (Å²) in [4.78, 5) is 14.7. The lowest BCUT2D eigenvalue weighted by Gasteiger charge is -2.27. The molecule has 1 aliphatic rings. The zero-order valence-electron chi connectivity index (χ0n) is 14.4. The van der Waals surface area contributed by atoms with Crippen LogP contribution in [0.4, 0.5) is 0 Å². The van der Waals surface area contributed by atoms with Gasteiger partial charge in [-0.15, -0.1) is 0 Å². The summed E-state index contributed by atoms with van der Waals surface area (Å²) in [5, 5.41) is 14.0. The van der Waals surface area contributed by atoms with Gasteiger partial charge in [0, 0.05) is 30.0 Å². The van der Waals surface area contributed by atoms with E-state index >= 15 is 0 Å². The van der Waals surface area contributed by atoms with Gasteiger partial charge in [-0.1, -0.05) is 31.0 Å². The molecule has 0 saturated heterocycles. The third-order valence-corrected chi connectivity index (χ3v) is 4.77. The van der Waals surface area contributed by atoms with E-state index in [1.54, 1.807) is 0 Å². The summed E-state index contributed by atoms with van der Waals surface area (Å²) in [6, 6.07) is 7.73. The van der Waals surface area contributed by atoms with E-state index in [1.165, 1.54) is 0 Å². The third-order valence-electron chi connectivity index (χ3n) is 4.77. The molecule has 130 valence electrons. The van der Waals surface area contributed by atoms with Crippen LogP contribution in [0.1, 0.15) is 41.8 Å². The Labute approximate surface area is 142 Å². The predicted molar refractivity (Wildman–Crippen MR) is 93.9 cm³/mol. The number of carbonyl (C=O) groups is 1. The molecule has 1 aliphatic carbocycles. The Kier molecular flexibility index (Phi) is 5.21. The van der Waals surface area contributed by atoms with Gasteiger partial charge in [0.2, 0.25) is 0 Å². The molecule has 0 bridgehead atoms. The molecule has 0 aliphatic heterocycles. The quantitative estimate of drug-likeness (QED) is 0.885. The smallest absolute Gasteiger partial charge is 0.287 e. The lowest BCUT2D eigenvalue weighted by molar-refractivity contribution is 0.0656. The number of hydrogen-bond acceptors (Lipinski definition) is 4. The fourth-order valence-corrected chi connectivity index (χ4v) is 3.49. The van der Waals surface area contributed by atoms with Gasteiger partial charge in [-0.05, 0) is 33.0 Å². The van der Waals surface area contributed by atoms with Crippen LogP contribution in [0.25, 0.3) is 11.0 Å². The van der Waals surface area contributed by atoms with Crippen LogP contribution in [-0.2, 0) is 6.54 Å². The number of para-hydroxylation sites is 1. The number of aliphatic hydroxyl groups is 1. The SMILES string of the molecule is CN(C)Cc1c(C(=O)NC[C@H]2CCCC[C@H]2O)oc2ccccc12. The molecule has 2 N–H and O–H groups in total. The van der Waals surface area contributed by atoms with Crippen LogP contribution in [0.3, 0.4) is 0 Å². The minimum Gasteiger partial charge on any atom is -0.451 e. The van der Waals surface area contributed by atoms with Crippen molar-refractivity contribution in [3.05, 3.63) is 35.6 Å². The van der Waals surface area contributed by atoms with E-state index in [1.807, 2.05) is 43.3 Å². The average molecular weight is 330 g/mol. The normalized spacial score (nSPS) is 21.3. The molecule has 0 spiro atoms. The van der Waals surface area contributed by atoms with Gasteiger partial charge in [0.25, 0.3) is 5.91 Å². The lowest BCUT2D eigenvalue weighted by atomic mass is 9.86. The molecule has 2 atom stereocenters. The van der Waals surface area contributed by atoms with Crippen LogP contribution in [0.2, 0.25) is 0 Å². The first-order valence-electron chi connectivity index (χ1n) is 8.67. The second-order valence-electron chi connectivity index (χ2n) is 6.97. The number of hydrogen-bond donors (Lipinski definition) is 2. The number of aliphatic hydroxyl groups excluding tert-OH is 1. The number of nitrogens with zero attached hydrogens (tertiary/aromatic N) is 1. The number of amides is 1. The average Bonchev–Trinajstić information content (AvgIpc) is 2.92. The van der Waals surface area contributed by atoms with Gasteiger partial charge < -0.3 is 19.7 Å².